The second-order valence-electron chi connectivity index (χ2n) is 5.70. The summed E-state index contributed by atoms with van der Waals surface area (Å²) < 4.78 is 0.981. The monoisotopic (exact) mass is 362 g/mol. The van der Waals surface area contributed by atoms with Crippen LogP contribution in [0.5, 0.6) is 0 Å². The van der Waals surface area contributed by atoms with Gasteiger partial charge in [0.2, 0.25) is 0 Å². The molecule has 0 saturated carbocycles. The number of halogens is 1. The number of carbonyl (C=O) groups is 1. The topological polar surface area (TPSA) is 42.0 Å². The summed E-state index contributed by atoms with van der Waals surface area (Å²) in [6.45, 7) is 0. The summed E-state index contributed by atoms with van der Waals surface area (Å²) in [5.74, 6) is -0.0618. The Labute approximate surface area is 147 Å². The van der Waals surface area contributed by atoms with Crippen LogP contribution >= 0.6 is 34.3 Å². The van der Waals surface area contributed by atoms with Crippen LogP contribution in [0.3, 0.4) is 0 Å². The number of amides is 1. The minimum atomic E-state index is -0.0618. The number of thiophene rings is 1. The van der Waals surface area contributed by atoms with E-state index in [0.29, 0.717) is 10.2 Å². The van der Waals surface area contributed by atoms with Gasteiger partial charge in [-0.15, -0.1) is 11.3 Å². The van der Waals surface area contributed by atoms with Crippen LogP contribution in [0, 0.1) is 0 Å². The fraction of sp³-hybridized carbons (Fsp3) is 0.294. The smallest absolute Gasteiger partial charge is 0.267 e. The third-order valence-corrected chi connectivity index (χ3v) is 6.45. The number of rotatable bonds is 2. The van der Waals surface area contributed by atoms with Gasteiger partial charge in [0.15, 0.2) is 5.13 Å². The zero-order valence-electron chi connectivity index (χ0n) is 12.4. The lowest BCUT2D eigenvalue weighted by atomic mass is 10.1. The van der Waals surface area contributed by atoms with Crippen LogP contribution in [0.1, 0.15) is 39.4 Å². The Balaban J connectivity index is 1.56. The highest BCUT2D eigenvalue weighted by molar-refractivity contribution is 7.22. The molecule has 3 nitrogen and oxygen atoms in total. The minimum absolute atomic E-state index is 0.0618. The molecule has 6 heteroatoms. The molecule has 0 unspecified atom stereocenters. The number of aromatic nitrogens is 1. The minimum Gasteiger partial charge on any atom is -0.297 e. The maximum Gasteiger partial charge on any atom is 0.267 e. The normalized spacial score (nSPS) is 14.5. The zero-order chi connectivity index (χ0) is 15.8. The third kappa shape index (κ3) is 3.13. The highest BCUT2D eigenvalue weighted by Crippen LogP contribution is 2.31. The molecule has 2 aromatic heterocycles. The lowest BCUT2D eigenvalue weighted by Gasteiger charge is -1.98. The van der Waals surface area contributed by atoms with Crippen LogP contribution in [-0.2, 0) is 12.8 Å². The first-order chi connectivity index (χ1) is 11.2. The summed E-state index contributed by atoms with van der Waals surface area (Å²) in [5.41, 5.74) is 2.21. The van der Waals surface area contributed by atoms with E-state index in [4.69, 9.17) is 11.6 Å². The molecule has 0 saturated heterocycles. The highest BCUT2D eigenvalue weighted by Gasteiger charge is 2.17. The van der Waals surface area contributed by atoms with Gasteiger partial charge in [-0.3, -0.25) is 10.1 Å². The van der Waals surface area contributed by atoms with Crippen molar-refractivity contribution in [3.05, 3.63) is 44.6 Å². The van der Waals surface area contributed by atoms with Crippen LogP contribution in [0.25, 0.3) is 10.2 Å². The van der Waals surface area contributed by atoms with Gasteiger partial charge < -0.3 is 0 Å². The van der Waals surface area contributed by atoms with Crippen molar-refractivity contribution in [2.45, 2.75) is 32.1 Å². The van der Waals surface area contributed by atoms with E-state index in [2.05, 4.69) is 16.4 Å². The summed E-state index contributed by atoms with van der Waals surface area (Å²) in [4.78, 5) is 19.1. The van der Waals surface area contributed by atoms with Crippen molar-refractivity contribution in [3.63, 3.8) is 0 Å². The SMILES string of the molecule is O=C(Nc1nc2ccc(Cl)cc2s1)c1cc2c(s1)CCCCC2. The zero-order valence-corrected chi connectivity index (χ0v) is 14.8. The number of fused-ring (bicyclic) bond motifs is 2. The van der Waals surface area contributed by atoms with Gasteiger partial charge in [-0.1, -0.05) is 29.4 Å². The second kappa shape index (κ2) is 6.23. The molecule has 23 heavy (non-hydrogen) atoms. The van der Waals surface area contributed by atoms with E-state index in [1.54, 1.807) is 11.3 Å². The molecule has 1 aliphatic rings. The van der Waals surface area contributed by atoms with Crippen molar-refractivity contribution in [3.8, 4) is 0 Å². The lowest BCUT2D eigenvalue weighted by molar-refractivity contribution is 0.103. The Kier molecular flexibility index (Phi) is 4.09. The first-order valence-electron chi connectivity index (χ1n) is 7.68. The molecule has 4 rings (SSSR count). The molecular formula is C17H15ClN2OS2. The molecule has 3 aromatic rings. The van der Waals surface area contributed by atoms with Gasteiger partial charge >= 0.3 is 0 Å². The van der Waals surface area contributed by atoms with Crippen molar-refractivity contribution in [1.29, 1.82) is 0 Å². The summed E-state index contributed by atoms with van der Waals surface area (Å²) in [7, 11) is 0. The van der Waals surface area contributed by atoms with Crippen LogP contribution in [-0.4, -0.2) is 10.9 Å². The highest BCUT2D eigenvalue weighted by atomic mass is 35.5. The summed E-state index contributed by atoms with van der Waals surface area (Å²) in [6, 6.07) is 7.62. The fourth-order valence-electron chi connectivity index (χ4n) is 2.89. The molecule has 0 fully saturated rings. The predicted octanol–water partition coefficient (Wildman–Crippen LogP) is 5.53. The Morgan fingerprint density at radius 2 is 2.00 bits per heavy atom. The number of anilines is 1. The summed E-state index contributed by atoms with van der Waals surface area (Å²) in [6.07, 6.45) is 5.94. The Bertz CT molecular complexity index is 860. The molecule has 1 amide bonds. The molecule has 0 radical (unpaired) electrons. The van der Waals surface area contributed by atoms with Crippen LogP contribution < -0.4 is 5.32 Å². The number of carbonyl (C=O) groups excluding carboxylic acids is 1. The molecule has 0 spiro atoms. The van der Waals surface area contributed by atoms with Crippen LogP contribution in [0.4, 0.5) is 5.13 Å². The molecule has 1 aliphatic carbocycles. The molecule has 1 aromatic carbocycles. The number of benzene rings is 1. The van der Waals surface area contributed by atoms with E-state index >= 15 is 0 Å². The maximum absolute atomic E-state index is 12.5. The Morgan fingerprint density at radius 1 is 1.13 bits per heavy atom. The molecular weight excluding hydrogens is 348 g/mol. The van der Waals surface area contributed by atoms with E-state index in [1.165, 1.54) is 41.0 Å². The quantitative estimate of drug-likeness (QED) is 0.609. The van der Waals surface area contributed by atoms with E-state index < -0.39 is 0 Å². The number of thiazole rings is 1. The number of hydrogen-bond donors (Lipinski definition) is 1. The number of nitrogens with zero attached hydrogens (tertiary/aromatic N) is 1. The number of aryl methyl sites for hydroxylation is 2. The molecule has 0 bridgehead atoms. The number of nitrogens with one attached hydrogen (secondary N) is 1. The van der Waals surface area contributed by atoms with Gasteiger partial charge in [0.05, 0.1) is 15.1 Å². The Hall–Kier alpha value is -1.43. The van der Waals surface area contributed by atoms with Gasteiger partial charge in [-0.25, -0.2) is 4.98 Å². The van der Waals surface area contributed by atoms with E-state index in [-0.39, 0.29) is 5.91 Å². The fourth-order valence-corrected chi connectivity index (χ4v) is 5.18. The van der Waals surface area contributed by atoms with Gasteiger partial charge in [-0.05, 0) is 55.5 Å². The molecule has 1 N–H and O–H groups in total. The van der Waals surface area contributed by atoms with E-state index in [9.17, 15) is 4.79 Å². The van der Waals surface area contributed by atoms with Crippen LogP contribution in [0.15, 0.2) is 24.3 Å². The maximum atomic E-state index is 12.5. The van der Waals surface area contributed by atoms with E-state index in [0.717, 1.165) is 27.9 Å². The lowest BCUT2D eigenvalue weighted by Crippen LogP contribution is -2.09. The standard InChI is InChI=1S/C17H15ClN2OS2/c18-11-6-7-12-14(9-11)23-17(19-12)20-16(21)15-8-10-4-2-1-3-5-13(10)22-15/h6-9H,1-5H2,(H,19,20,21). The van der Waals surface area contributed by atoms with Gasteiger partial charge in [0, 0.05) is 9.90 Å². The van der Waals surface area contributed by atoms with Gasteiger partial charge in [0.1, 0.15) is 0 Å². The second-order valence-corrected chi connectivity index (χ2v) is 8.31. The molecule has 0 atom stereocenters. The van der Waals surface area contributed by atoms with Crippen molar-refractivity contribution in [2.24, 2.45) is 0 Å². The average molecular weight is 363 g/mol. The first-order valence-corrected chi connectivity index (χ1v) is 9.69. The predicted molar refractivity (Wildman–Crippen MR) is 98.2 cm³/mol. The first kappa shape index (κ1) is 15.1. The van der Waals surface area contributed by atoms with Gasteiger partial charge in [0.25, 0.3) is 5.91 Å². The van der Waals surface area contributed by atoms with E-state index in [1.807, 2.05) is 18.2 Å². The van der Waals surface area contributed by atoms with Crippen molar-refractivity contribution in [2.75, 3.05) is 5.32 Å². The summed E-state index contributed by atoms with van der Waals surface area (Å²) >= 11 is 9.07. The summed E-state index contributed by atoms with van der Waals surface area (Å²) in [5, 5.41) is 4.23. The average Bonchev–Trinajstić information content (AvgIpc) is 3.04. The molecule has 2 heterocycles. The van der Waals surface area contributed by atoms with Crippen molar-refractivity contribution >= 4 is 55.5 Å². The molecule has 0 aliphatic heterocycles. The number of hydrogen-bond acceptors (Lipinski definition) is 4. The molecule has 118 valence electrons. The van der Waals surface area contributed by atoms with Crippen molar-refractivity contribution < 1.29 is 4.79 Å². The van der Waals surface area contributed by atoms with Gasteiger partial charge in [-0.2, -0.15) is 0 Å². The largest absolute Gasteiger partial charge is 0.297 e. The van der Waals surface area contributed by atoms with Crippen LogP contribution in [0.2, 0.25) is 5.02 Å². The Morgan fingerprint density at radius 3 is 2.91 bits per heavy atom. The van der Waals surface area contributed by atoms with Crippen molar-refractivity contribution in [1.82, 2.24) is 4.98 Å². The third-order valence-electron chi connectivity index (χ3n) is 4.04.